The van der Waals surface area contributed by atoms with Crippen molar-refractivity contribution < 1.29 is 0 Å². The molecule has 2 nitrogen and oxygen atoms in total. The van der Waals surface area contributed by atoms with Crippen molar-refractivity contribution in [2.75, 3.05) is 5.88 Å². The molecule has 0 unspecified atom stereocenters. The van der Waals surface area contributed by atoms with E-state index in [0.29, 0.717) is 5.88 Å². The van der Waals surface area contributed by atoms with Crippen LogP contribution >= 0.6 is 22.9 Å². The number of hydrogen-bond donors (Lipinski definition) is 0. The van der Waals surface area contributed by atoms with E-state index in [1.807, 2.05) is 23.6 Å². The second-order valence-electron chi connectivity index (χ2n) is 3.13. The van der Waals surface area contributed by atoms with E-state index in [2.05, 4.69) is 9.97 Å². The van der Waals surface area contributed by atoms with Crippen LogP contribution in [0.3, 0.4) is 0 Å². The number of aryl methyl sites for hydroxylation is 1. The fraction of sp³-hybridized carbons (Fsp3) is 0.273. The molecule has 0 radical (unpaired) electrons. The van der Waals surface area contributed by atoms with Crippen molar-refractivity contribution in [2.24, 2.45) is 0 Å². The molecule has 0 spiro atoms. The van der Waals surface area contributed by atoms with E-state index in [9.17, 15) is 0 Å². The van der Waals surface area contributed by atoms with Crippen LogP contribution in [0.1, 0.15) is 11.4 Å². The van der Waals surface area contributed by atoms with Gasteiger partial charge in [-0.1, -0.05) is 6.07 Å². The Balaban J connectivity index is 2.14. The molecule has 78 valence electrons. The van der Waals surface area contributed by atoms with Crippen molar-refractivity contribution in [3.63, 3.8) is 0 Å². The Bertz CT molecular complexity index is 414. The Morgan fingerprint density at radius 1 is 1.27 bits per heavy atom. The van der Waals surface area contributed by atoms with Gasteiger partial charge in [-0.3, -0.25) is 4.98 Å². The summed E-state index contributed by atoms with van der Waals surface area (Å²) in [6, 6.07) is 5.85. The molecular formula is C11H11ClN2S. The third-order valence-electron chi connectivity index (χ3n) is 2.00. The molecule has 0 fully saturated rings. The number of thiazole rings is 1. The lowest BCUT2D eigenvalue weighted by Gasteiger charge is -1.93. The van der Waals surface area contributed by atoms with E-state index in [1.165, 1.54) is 0 Å². The molecule has 2 aromatic rings. The van der Waals surface area contributed by atoms with Crippen molar-refractivity contribution in [1.29, 1.82) is 0 Å². The highest BCUT2D eigenvalue weighted by Crippen LogP contribution is 2.20. The van der Waals surface area contributed by atoms with Crippen LogP contribution in [0.25, 0.3) is 11.4 Å². The second-order valence-corrected chi connectivity index (χ2v) is 4.45. The molecule has 0 amide bonds. The first-order valence-corrected chi connectivity index (χ1v) is 6.23. The first-order valence-electron chi connectivity index (χ1n) is 4.82. The van der Waals surface area contributed by atoms with Gasteiger partial charge in [-0.25, -0.2) is 4.98 Å². The predicted octanol–water partition coefficient (Wildman–Crippen LogP) is 3.38. The van der Waals surface area contributed by atoms with Gasteiger partial charge in [0.2, 0.25) is 0 Å². The van der Waals surface area contributed by atoms with Crippen LogP contribution in [0.4, 0.5) is 0 Å². The van der Waals surface area contributed by atoms with Gasteiger partial charge in [0.05, 0.1) is 16.4 Å². The van der Waals surface area contributed by atoms with Gasteiger partial charge in [0, 0.05) is 23.9 Å². The zero-order chi connectivity index (χ0) is 10.5. The number of alkyl halides is 1. The average molecular weight is 239 g/mol. The minimum atomic E-state index is 0.693. The zero-order valence-corrected chi connectivity index (χ0v) is 9.76. The lowest BCUT2D eigenvalue weighted by atomic mass is 10.3. The highest BCUT2D eigenvalue weighted by Gasteiger charge is 2.04. The molecule has 2 rings (SSSR count). The quantitative estimate of drug-likeness (QED) is 0.764. The first kappa shape index (κ1) is 10.6. The first-order chi connectivity index (χ1) is 7.40. The highest BCUT2D eigenvalue weighted by atomic mass is 35.5. The molecule has 0 aliphatic carbocycles. The summed E-state index contributed by atoms with van der Waals surface area (Å²) >= 11 is 7.31. The maximum absolute atomic E-state index is 5.64. The van der Waals surface area contributed by atoms with Gasteiger partial charge < -0.3 is 0 Å². The summed E-state index contributed by atoms with van der Waals surface area (Å²) in [5.74, 6) is 0.693. The minimum Gasteiger partial charge on any atom is -0.255 e. The molecule has 4 heteroatoms. The molecule has 0 aromatic carbocycles. The Kier molecular flexibility index (Phi) is 3.69. The Labute approximate surface area is 98.0 Å². The Morgan fingerprint density at radius 2 is 2.20 bits per heavy atom. The summed E-state index contributed by atoms with van der Waals surface area (Å²) in [5.41, 5.74) is 1.90. The standard InChI is InChI=1S/C11H11ClN2S/c12-6-3-5-11-14-10(8-15-11)9-4-1-2-7-13-9/h1-2,4,7-8H,3,5-6H2. The van der Waals surface area contributed by atoms with E-state index in [-0.39, 0.29) is 0 Å². The number of pyridine rings is 1. The third-order valence-corrected chi connectivity index (χ3v) is 3.18. The number of aromatic nitrogens is 2. The van der Waals surface area contributed by atoms with Gasteiger partial charge in [0.15, 0.2) is 0 Å². The molecule has 15 heavy (non-hydrogen) atoms. The SMILES string of the molecule is ClCCCc1nc(-c2ccccn2)cs1. The predicted molar refractivity (Wildman–Crippen MR) is 64.4 cm³/mol. The summed E-state index contributed by atoms with van der Waals surface area (Å²) in [6.45, 7) is 0. The third kappa shape index (κ3) is 2.76. The monoisotopic (exact) mass is 238 g/mol. The molecule has 0 atom stereocenters. The average Bonchev–Trinajstić information content (AvgIpc) is 2.76. The summed E-state index contributed by atoms with van der Waals surface area (Å²) in [6.07, 6.45) is 3.73. The maximum atomic E-state index is 5.64. The number of rotatable bonds is 4. The molecule has 0 saturated carbocycles. The number of hydrogen-bond acceptors (Lipinski definition) is 3. The normalized spacial score (nSPS) is 10.5. The largest absolute Gasteiger partial charge is 0.255 e. The summed E-state index contributed by atoms with van der Waals surface area (Å²) in [5, 5.41) is 3.18. The Hall–Kier alpha value is -0.930. The number of halogens is 1. The van der Waals surface area contributed by atoms with Crippen LogP contribution < -0.4 is 0 Å². The van der Waals surface area contributed by atoms with Crippen LogP contribution in [0, 0.1) is 0 Å². The van der Waals surface area contributed by atoms with E-state index in [0.717, 1.165) is 29.2 Å². The van der Waals surface area contributed by atoms with Gasteiger partial charge in [-0.05, 0) is 18.6 Å². The van der Waals surface area contributed by atoms with E-state index in [1.54, 1.807) is 17.5 Å². The van der Waals surface area contributed by atoms with Gasteiger partial charge in [0.1, 0.15) is 0 Å². The van der Waals surface area contributed by atoms with Gasteiger partial charge >= 0.3 is 0 Å². The maximum Gasteiger partial charge on any atom is 0.0998 e. The molecule has 0 saturated heterocycles. The van der Waals surface area contributed by atoms with Crippen molar-refractivity contribution in [3.05, 3.63) is 34.8 Å². The molecule has 0 aliphatic rings. The van der Waals surface area contributed by atoms with Crippen molar-refractivity contribution in [3.8, 4) is 11.4 Å². The zero-order valence-electron chi connectivity index (χ0n) is 8.19. The van der Waals surface area contributed by atoms with Crippen LogP contribution in [0.5, 0.6) is 0 Å². The molecule has 2 aromatic heterocycles. The minimum absolute atomic E-state index is 0.693. The van der Waals surface area contributed by atoms with E-state index in [4.69, 9.17) is 11.6 Å². The number of nitrogens with zero attached hydrogens (tertiary/aromatic N) is 2. The smallest absolute Gasteiger partial charge is 0.0998 e. The second kappa shape index (κ2) is 5.24. The Morgan fingerprint density at radius 3 is 2.93 bits per heavy atom. The van der Waals surface area contributed by atoms with E-state index < -0.39 is 0 Å². The fourth-order valence-corrected chi connectivity index (χ4v) is 2.24. The van der Waals surface area contributed by atoms with Gasteiger partial charge in [0.25, 0.3) is 0 Å². The molecule has 0 N–H and O–H groups in total. The summed E-state index contributed by atoms with van der Waals surface area (Å²) in [4.78, 5) is 8.78. The lowest BCUT2D eigenvalue weighted by molar-refractivity contribution is 0.916. The lowest BCUT2D eigenvalue weighted by Crippen LogP contribution is -1.86. The fourth-order valence-electron chi connectivity index (χ4n) is 1.28. The van der Waals surface area contributed by atoms with Gasteiger partial charge in [-0.15, -0.1) is 22.9 Å². The molecule has 0 bridgehead atoms. The van der Waals surface area contributed by atoms with Crippen molar-refractivity contribution in [1.82, 2.24) is 9.97 Å². The van der Waals surface area contributed by atoms with Crippen LogP contribution in [0.15, 0.2) is 29.8 Å². The van der Waals surface area contributed by atoms with Gasteiger partial charge in [-0.2, -0.15) is 0 Å². The van der Waals surface area contributed by atoms with E-state index >= 15 is 0 Å². The molecule has 2 heterocycles. The summed E-state index contributed by atoms with van der Waals surface area (Å²) in [7, 11) is 0. The highest BCUT2D eigenvalue weighted by molar-refractivity contribution is 7.09. The van der Waals surface area contributed by atoms with Crippen LogP contribution in [-0.4, -0.2) is 15.8 Å². The molecular weight excluding hydrogens is 228 g/mol. The van der Waals surface area contributed by atoms with Crippen molar-refractivity contribution in [2.45, 2.75) is 12.8 Å². The summed E-state index contributed by atoms with van der Waals surface area (Å²) < 4.78 is 0. The van der Waals surface area contributed by atoms with Crippen LogP contribution in [-0.2, 0) is 6.42 Å². The van der Waals surface area contributed by atoms with Crippen LogP contribution in [0.2, 0.25) is 0 Å². The van der Waals surface area contributed by atoms with Crippen molar-refractivity contribution >= 4 is 22.9 Å². The molecule has 0 aliphatic heterocycles. The topological polar surface area (TPSA) is 25.8 Å².